The van der Waals surface area contributed by atoms with Crippen molar-refractivity contribution in [3.63, 3.8) is 0 Å². The molecule has 5 rings (SSSR count). The maximum absolute atomic E-state index is 10.9. The molecule has 0 spiro atoms. The summed E-state index contributed by atoms with van der Waals surface area (Å²) in [6.07, 6.45) is 1.77. The lowest BCUT2D eigenvalue weighted by Gasteiger charge is -2.37. The first-order valence-electron chi connectivity index (χ1n) is 13.5. The molecule has 3 aromatic rings. The number of anilines is 2. The Kier molecular flexibility index (Phi) is 7.79. The molecule has 6 N–H and O–H groups in total. The highest BCUT2D eigenvalue weighted by atomic mass is 32.1. The summed E-state index contributed by atoms with van der Waals surface area (Å²) >= 11 is 1.53. The fraction of sp³-hybridized carbons (Fsp3) is 0.630. The molecule has 4 heterocycles. The number of aryl methyl sites for hydroxylation is 2. The van der Waals surface area contributed by atoms with E-state index in [0.29, 0.717) is 37.9 Å². The Hall–Kier alpha value is -2.48. The van der Waals surface area contributed by atoms with Crippen molar-refractivity contribution in [2.45, 2.75) is 76.3 Å². The molecule has 39 heavy (non-hydrogen) atoms. The molecule has 1 aliphatic heterocycles. The maximum atomic E-state index is 10.9. The van der Waals surface area contributed by atoms with Crippen LogP contribution < -0.4 is 16.0 Å². The average molecular weight is 558 g/mol. The van der Waals surface area contributed by atoms with Gasteiger partial charge in [0.15, 0.2) is 0 Å². The zero-order valence-corrected chi connectivity index (χ0v) is 24.0. The highest BCUT2D eigenvalue weighted by Gasteiger charge is 2.48. The van der Waals surface area contributed by atoms with E-state index in [1.807, 2.05) is 27.0 Å². The van der Waals surface area contributed by atoms with Crippen LogP contribution in [0.15, 0.2) is 12.3 Å². The van der Waals surface area contributed by atoms with Crippen LogP contribution in [0.5, 0.6) is 0 Å². The molecule has 11 nitrogen and oxygen atoms in total. The number of thiazole rings is 1. The first-order chi connectivity index (χ1) is 18.5. The number of aromatic nitrogens is 4. The van der Waals surface area contributed by atoms with E-state index in [1.54, 1.807) is 20.0 Å². The molecule has 1 saturated heterocycles. The predicted molar refractivity (Wildman–Crippen MR) is 152 cm³/mol. The molecule has 1 aliphatic carbocycles. The number of rotatable bonds is 8. The van der Waals surface area contributed by atoms with Gasteiger partial charge in [-0.3, -0.25) is 4.98 Å². The Labute approximate surface area is 232 Å². The third-order valence-electron chi connectivity index (χ3n) is 8.27. The van der Waals surface area contributed by atoms with Crippen LogP contribution in [0.2, 0.25) is 0 Å². The Morgan fingerprint density at radius 2 is 1.85 bits per heavy atom. The minimum atomic E-state index is -1.14. The summed E-state index contributed by atoms with van der Waals surface area (Å²) in [5.41, 5.74) is 1.89. The van der Waals surface area contributed by atoms with E-state index in [1.165, 1.54) is 11.3 Å². The van der Waals surface area contributed by atoms with Crippen LogP contribution in [0.4, 0.5) is 11.8 Å². The normalized spacial score (nSPS) is 25.2. The smallest absolute Gasteiger partial charge is 0.224 e. The molecule has 0 unspecified atom stereocenters. The SMILES string of the molecule is CNC1(CNc2nc(C)c(-c3nc4c(C)nccc4s3)c(N[C@@H]3C[C@H](C(C)(C)O)[C@@H](O)[C@H]3O)n2)CCOCC1. The highest BCUT2D eigenvalue weighted by Crippen LogP contribution is 2.40. The number of ether oxygens (including phenoxy) is 1. The third kappa shape index (κ3) is 5.59. The molecule has 3 aromatic heterocycles. The standard InChI is InChI=1S/C27H39N7O4S/c1-14-19(24-33-20-15(2)29-9-6-18(20)39-24)23(32-17-12-16(26(3,4)37)21(35)22(17)36)34-25(31-14)30-13-27(28-5)7-10-38-11-8-27/h6,9,16-17,21-22,28,35-37H,7-8,10-13H2,1-5H3,(H2,30,31,32,34)/t16-,17+,21+,22-/m0/s1. The van der Waals surface area contributed by atoms with Gasteiger partial charge in [-0.1, -0.05) is 0 Å². The van der Waals surface area contributed by atoms with Gasteiger partial charge in [0.2, 0.25) is 5.95 Å². The molecule has 0 amide bonds. The number of fused-ring (bicyclic) bond motifs is 1. The number of aliphatic hydroxyl groups excluding tert-OH is 2. The second kappa shape index (κ2) is 10.8. The second-order valence-electron chi connectivity index (χ2n) is 11.3. The fourth-order valence-electron chi connectivity index (χ4n) is 5.68. The van der Waals surface area contributed by atoms with Crippen molar-refractivity contribution < 1.29 is 20.1 Å². The zero-order chi connectivity index (χ0) is 27.9. The lowest BCUT2D eigenvalue weighted by Crippen LogP contribution is -2.52. The van der Waals surface area contributed by atoms with E-state index in [2.05, 4.69) is 20.9 Å². The van der Waals surface area contributed by atoms with Crippen LogP contribution in [0.25, 0.3) is 20.8 Å². The van der Waals surface area contributed by atoms with Crippen molar-refractivity contribution in [1.82, 2.24) is 25.3 Å². The van der Waals surface area contributed by atoms with Gasteiger partial charge in [0.25, 0.3) is 0 Å². The van der Waals surface area contributed by atoms with Gasteiger partial charge in [0, 0.05) is 37.4 Å². The number of nitrogens with zero attached hydrogens (tertiary/aromatic N) is 4. The Balaban J connectivity index is 1.51. The molecule has 0 radical (unpaired) electrons. The van der Waals surface area contributed by atoms with E-state index in [0.717, 1.165) is 45.0 Å². The summed E-state index contributed by atoms with van der Waals surface area (Å²) < 4.78 is 6.57. The molecule has 12 heteroatoms. The van der Waals surface area contributed by atoms with Crippen LogP contribution in [-0.2, 0) is 4.74 Å². The summed E-state index contributed by atoms with van der Waals surface area (Å²) in [5, 5.41) is 43.2. The van der Waals surface area contributed by atoms with Gasteiger partial charge in [-0.15, -0.1) is 11.3 Å². The Bertz CT molecular complexity index is 1320. The Morgan fingerprint density at radius 3 is 2.49 bits per heavy atom. The summed E-state index contributed by atoms with van der Waals surface area (Å²) in [4.78, 5) is 18.9. The van der Waals surface area contributed by atoms with Gasteiger partial charge in [-0.2, -0.15) is 4.98 Å². The van der Waals surface area contributed by atoms with Gasteiger partial charge in [0.1, 0.15) is 22.4 Å². The minimum absolute atomic E-state index is 0.120. The first kappa shape index (κ1) is 28.1. The van der Waals surface area contributed by atoms with Crippen LogP contribution in [0.3, 0.4) is 0 Å². The summed E-state index contributed by atoms with van der Waals surface area (Å²) in [5.74, 6) is 0.493. The van der Waals surface area contributed by atoms with E-state index < -0.39 is 29.8 Å². The summed E-state index contributed by atoms with van der Waals surface area (Å²) in [6, 6.07) is 1.42. The lowest BCUT2D eigenvalue weighted by atomic mass is 9.88. The number of aliphatic hydroxyl groups is 3. The van der Waals surface area contributed by atoms with Gasteiger partial charge in [0.05, 0.1) is 39.4 Å². The van der Waals surface area contributed by atoms with E-state index in [4.69, 9.17) is 19.7 Å². The molecular weight excluding hydrogens is 518 g/mol. The van der Waals surface area contributed by atoms with Crippen LogP contribution in [0, 0.1) is 19.8 Å². The second-order valence-corrected chi connectivity index (χ2v) is 12.4. The monoisotopic (exact) mass is 557 g/mol. The molecule has 1 saturated carbocycles. The number of nitrogens with one attached hydrogen (secondary N) is 3. The molecule has 4 atom stereocenters. The van der Waals surface area contributed by atoms with Crippen molar-refractivity contribution >= 4 is 33.3 Å². The maximum Gasteiger partial charge on any atom is 0.224 e. The van der Waals surface area contributed by atoms with E-state index >= 15 is 0 Å². The summed E-state index contributed by atoms with van der Waals surface area (Å²) in [6.45, 7) is 9.19. The quantitative estimate of drug-likeness (QED) is 0.241. The van der Waals surface area contributed by atoms with Gasteiger partial charge in [-0.05, 0) is 60.1 Å². The largest absolute Gasteiger partial charge is 0.390 e. The van der Waals surface area contributed by atoms with Crippen LogP contribution >= 0.6 is 11.3 Å². The van der Waals surface area contributed by atoms with Gasteiger partial charge >= 0.3 is 0 Å². The summed E-state index contributed by atoms with van der Waals surface area (Å²) in [7, 11) is 1.96. The number of hydrogen-bond donors (Lipinski definition) is 6. The molecule has 2 aliphatic rings. The average Bonchev–Trinajstić information content (AvgIpc) is 3.45. The molecule has 0 bridgehead atoms. The van der Waals surface area contributed by atoms with Crippen molar-refractivity contribution in [1.29, 1.82) is 0 Å². The zero-order valence-electron chi connectivity index (χ0n) is 23.2. The van der Waals surface area contributed by atoms with Crippen molar-refractivity contribution in [3.05, 3.63) is 23.7 Å². The number of pyridine rings is 1. The molecule has 212 valence electrons. The fourth-order valence-corrected chi connectivity index (χ4v) is 6.79. The van der Waals surface area contributed by atoms with Gasteiger partial charge < -0.3 is 36.0 Å². The predicted octanol–water partition coefficient (Wildman–Crippen LogP) is 2.24. The van der Waals surface area contributed by atoms with E-state index in [-0.39, 0.29) is 5.54 Å². The highest BCUT2D eigenvalue weighted by molar-refractivity contribution is 7.21. The number of hydrogen-bond acceptors (Lipinski definition) is 12. The minimum Gasteiger partial charge on any atom is -0.390 e. The van der Waals surface area contributed by atoms with Crippen molar-refractivity contribution in [3.8, 4) is 10.6 Å². The number of likely N-dealkylation sites (N-methyl/N-ethyl adjacent to an activating group) is 1. The third-order valence-corrected chi connectivity index (χ3v) is 9.31. The van der Waals surface area contributed by atoms with Crippen LogP contribution in [-0.4, -0.2) is 91.5 Å². The topological polar surface area (TPSA) is 158 Å². The van der Waals surface area contributed by atoms with Crippen LogP contribution in [0.1, 0.15) is 44.5 Å². The molecular formula is C27H39N7O4S. The van der Waals surface area contributed by atoms with Crippen molar-refractivity contribution in [2.24, 2.45) is 5.92 Å². The Morgan fingerprint density at radius 1 is 1.10 bits per heavy atom. The molecule has 2 fully saturated rings. The molecule has 0 aromatic carbocycles. The lowest BCUT2D eigenvalue weighted by molar-refractivity contribution is -0.0601. The first-order valence-corrected chi connectivity index (χ1v) is 14.3. The van der Waals surface area contributed by atoms with E-state index in [9.17, 15) is 15.3 Å². The van der Waals surface area contributed by atoms with Crippen molar-refractivity contribution in [2.75, 3.05) is 37.4 Å². The van der Waals surface area contributed by atoms with Gasteiger partial charge in [-0.25, -0.2) is 9.97 Å².